The molecule has 0 aliphatic rings. The molecule has 0 fully saturated rings. The first kappa shape index (κ1) is 76.3. The zero-order valence-electron chi connectivity index (χ0n) is 54.8. The van der Waals surface area contributed by atoms with Crippen LogP contribution < -0.4 is 0 Å². The first-order valence-electron chi connectivity index (χ1n) is 31.5. The monoisotopic (exact) mass is 1050 g/mol. The summed E-state index contributed by atoms with van der Waals surface area (Å²) in [5.41, 5.74) is 14.0. The van der Waals surface area contributed by atoms with Crippen LogP contribution in [0.2, 0.25) is 0 Å². The summed E-state index contributed by atoms with van der Waals surface area (Å²) in [4.78, 5) is 0. The molecule has 9 aromatic rings. The van der Waals surface area contributed by atoms with E-state index in [1.807, 2.05) is 125 Å². The van der Waals surface area contributed by atoms with Crippen LogP contribution in [0.3, 0.4) is 0 Å². The normalized spacial score (nSPS) is 9.18. The van der Waals surface area contributed by atoms with E-state index in [1.165, 1.54) is 98.7 Å². The quantitative estimate of drug-likeness (QED) is 0.0946. The highest BCUT2D eigenvalue weighted by molar-refractivity contribution is 6.07. The molecule has 0 bridgehead atoms. The molecule has 0 spiro atoms. The fourth-order valence-electron chi connectivity index (χ4n) is 8.18. The van der Waals surface area contributed by atoms with Crippen molar-refractivity contribution in [3.05, 3.63) is 225 Å². The Bertz CT molecular complexity index is 2570. The largest absolute Gasteiger partial charge is 0.0683 e. The van der Waals surface area contributed by atoms with Crippen LogP contribution in [0.5, 0.6) is 0 Å². The van der Waals surface area contributed by atoms with Crippen LogP contribution in [0.25, 0.3) is 43.1 Å². The standard InChI is InChI=1S/C24H26.2C18H18.9C2H6/c1-3-19-5-9-21(10-6-19)17-23-13-15-24(16-14-23)18-22-11-7-20(4-2)8-12-22;1-3-13-5-9-17-15(11-13)7-8-16-12-14(4-2)6-10-18(16)17;1-3-13-5-7-15-12-18-10-14(4-2)6-8-16(18)11-17(15)9-13;9*1-2/h5-16H,3-4,17-18H2,1-2H3;2*5-12H,3-4H2,1-2H3;9*1-2H3. The van der Waals surface area contributed by atoms with E-state index in [0.717, 1.165) is 51.4 Å². The average molecular weight is 1050 g/mol. The lowest BCUT2D eigenvalue weighted by Gasteiger charge is -2.07. The van der Waals surface area contributed by atoms with E-state index >= 15 is 0 Å². The number of hydrogen-bond acceptors (Lipinski definition) is 0. The third-order valence-electron chi connectivity index (χ3n) is 12.2. The fourth-order valence-corrected chi connectivity index (χ4v) is 8.18. The predicted molar refractivity (Wildman–Crippen MR) is 366 cm³/mol. The van der Waals surface area contributed by atoms with E-state index in [1.54, 1.807) is 0 Å². The van der Waals surface area contributed by atoms with Crippen molar-refractivity contribution in [1.82, 2.24) is 0 Å². The van der Waals surface area contributed by atoms with Crippen LogP contribution >= 0.6 is 0 Å². The molecular formula is C78H116. The van der Waals surface area contributed by atoms with Crippen LogP contribution in [0.1, 0.15) is 222 Å². The van der Waals surface area contributed by atoms with Crippen molar-refractivity contribution in [3.63, 3.8) is 0 Å². The van der Waals surface area contributed by atoms with E-state index in [4.69, 9.17) is 0 Å². The van der Waals surface area contributed by atoms with Gasteiger partial charge in [-0.2, -0.15) is 0 Å². The second-order valence-corrected chi connectivity index (χ2v) is 16.3. The molecule has 0 saturated carbocycles. The molecule has 78 heavy (non-hydrogen) atoms. The lowest BCUT2D eigenvalue weighted by atomic mass is 9.98. The summed E-state index contributed by atoms with van der Waals surface area (Å²) in [5, 5.41) is 10.8. The van der Waals surface area contributed by atoms with Gasteiger partial charge < -0.3 is 0 Å². The highest BCUT2D eigenvalue weighted by Crippen LogP contribution is 2.28. The Labute approximate surface area is 483 Å². The highest BCUT2D eigenvalue weighted by Gasteiger charge is 2.04. The summed E-state index contributed by atoms with van der Waals surface area (Å²) in [6, 6.07) is 63.4. The van der Waals surface area contributed by atoms with Crippen molar-refractivity contribution in [2.45, 2.75) is 218 Å². The zero-order valence-corrected chi connectivity index (χ0v) is 54.8. The Morgan fingerprint density at radius 2 is 0.346 bits per heavy atom. The van der Waals surface area contributed by atoms with E-state index < -0.39 is 0 Å². The van der Waals surface area contributed by atoms with Crippen molar-refractivity contribution < 1.29 is 0 Å². The van der Waals surface area contributed by atoms with Gasteiger partial charge in [0.25, 0.3) is 0 Å². The van der Waals surface area contributed by atoms with Crippen LogP contribution in [0, 0.1) is 0 Å². The summed E-state index contributed by atoms with van der Waals surface area (Å²) in [5.74, 6) is 0. The molecule has 0 N–H and O–H groups in total. The van der Waals surface area contributed by atoms with E-state index in [9.17, 15) is 0 Å². The first-order valence-corrected chi connectivity index (χ1v) is 31.5. The van der Waals surface area contributed by atoms with Gasteiger partial charge in [0.1, 0.15) is 0 Å². The zero-order chi connectivity index (χ0) is 59.8. The maximum atomic E-state index is 2.31. The Hall–Kier alpha value is -5.98. The third-order valence-corrected chi connectivity index (χ3v) is 12.2. The molecule has 0 aliphatic carbocycles. The van der Waals surface area contributed by atoms with Gasteiger partial charge in [-0.05, 0) is 162 Å². The number of hydrogen-bond donors (Lipinski definition) is 0. The molecule has 0 heterocycles. The predicted octanol–water partition coefficient (Wildman–Crippen LogP) is 25.5. The van der Waals surface area contributed by atoms with Gasteiger partial charge in [-0.3, -0.25) is 0 Å². The Morgan fingerprint density at radius 1 is 0.167 bits per heavy atom. The van der Waals surface area contributed by atoms with Crippen molar-refractivity contribution in [2.24, 2.45) is 0 Å². The van der Waals surface area contributed by atoms with Gasteiger partial charge in [0.05, 0.1) is 0 Å². The number of aryl methyl sites for hydroxylation is 6. The summed E-state index contributed by atoms with van der Waals surface area (Å²) in [7, 11) is 0. The number of fused-ring (bicyclic) bond motifs is 5. The third kappa shape index (κ3) is 26.1. The lowest BCUT2D eigenvalue weighted by molar-refractivity contribution is 1.11. The van der Waals surface area contributed by atoms with E-state index in [2.05, 4.69) is 211 Å². The van der Waals surface area contributed by atoms with Crippen LogP contribution in [-0.4, -0.2) is 0 Å². The second kappa shape index (κ2) is 49.3. The molecule has 428 valence electrons. The van der Waals surface area contributed by atoms with Gasteiger partial charge in [0.2, 0.25) is 0 Å². The Kier molecular flexibility index (Phi) is 48.2. The van der Waals surface area contributed by atoms with Crippen LogP contribution in [0.4, 0.5) is 0 Å². The molecular weight excluding hydrogens is 937 g/mol. The van der Waals surface area contributed by atoms with Crippen molar-refractivity contribution in [2.75, 3.05) is 0 Å². The molecule has 0 nitrogen and oxygen atoms in total. The number of rotatable bonds is 10. The minimum atomic E-state index is 1.01. The first-order chi connectivity index (χ1) is 38.4. The summed E-state index contributed by atoms with van der Waals surface area (Å²) in [6.45, 7) is 49.2. The van der Waals surface area contributed by atoms with Gasteiger partial charge >= 0.3 is 0 Å². The van der Waals surface area contributed by atoms with E-state index in [0.29, 0.717) is 0 Å². The number of benzene rings is 9. The van der Waals surface area contributed by atoms with Gasteiger partial charge in [-0.15, -0.1) is 0 Å². The van der Waals surface area contributed by atoms with Gasteiger partial charge in [0.15, 0.2) is 0 Å². The summed E-state index contributed by atoms with van der Waals surface area (Å²) < 4.78 is 0. The lowest BCUT2D eigenvalue weighted by Crippen LogP contribution is -1.92. The SMILES string of the molecule is CC.CC.CC.CC.CC.CC.CC.CC.CC.CCc1ccc(Cc2ccc(Cc3ccc(CC)cc3)cc2)cc1.CCc1ccc2c(ccc3cc(CC)ccc32)c1.CCc1ccc2cc3cc(CC)ccc3cc2c1. The fraction of sp³-hybridized carbons (Fsp3) is 0.410. The van der Waals surface area contributed by atoms with Crippen molar-refractivity contribution >= 4 is 43.1 Å². The summed E-state index contributed by atoms with van der Waals surface area (Å²) in [6.07, 6.45) is 8.63. The molecule has 0 radical (unpaired) electrons. The minimum Gasteiger partial charge on any atom is -0.0683 e. The topological polar surface area (TPSA) is 0 Å². The molecule has 0 aromatic heterocycles. The molecule has 9 rings (SSSR count). The highest BCUT2D eigenvalue weighted by atomic mass is 14.1. The molecule has 0 aliphatic heterocycles. The Morgan fingerprint density at radius 3 is 0.577 bits per heavy atom. The minimum absolute atomic E-state index is 1.01. The van der Waals surface area contributed by atoms with Gasteiger partial charge in [-0.25, -0.2) is 0 Å². The van der Waals surface area contributed by atoms with E-state index in [-0.39, 0.29) is 0 Å². The maximum Gasteiger partial charge on any atom is -0.00258 e. The molecule has 0 heteroatoms. The molecule has 9 aromatic carbocycles. The summed E-state index contributed by atoms with van der Waals surface area (Å²) >= 11 is 0. The molecule has 0 atom stereocenters. The van der Waals surface area contributed by atoms with Crippen molar-refractivity contribution in [3.8, 4) is 0 Å². The second-order valence-electron chi connectivity index (χ2n) is 16.3. The van der Waals surface area contributed by atoms with Crippen molar-refractivity contribution in [1.29, 1.82) is 0 Å². The molecule has 0 amide bonds. The van der Waals surface area contributed by atoms with Gasteiger partial charge in [-0.1, -0.05) is 324 Å². The average Bonchev–Trinajstić information content (AvgIpc) is 3.55. The van der Waals surface area contributed by atoms with Crippen LogP contribution in [-0.2, 0) is 51.4 Å². The van der Waals surface area contributed by atoms with Crippen LogP contribution in [0.15, 0.2) is 170 Å². The smallest absolute Gasteiger partial charge is 0.00258 e. The molecule has 0 saturated heterocycles. The Balaban J connectivity index is -0.000000950. The van der Waals surface area contributed by atoms with Gasteiger partial charge in [0, 0.05) is 0 Å². The maximum absolute atomic E-state index is 2.31. The molecule has 0 unspecified atom stereocenters.